The molecular formula is C10H13NO2S. The molecule has 0 saturated heterocycles. The van der Waals surface area contributed by atoms with E-state index in [2.05, 4.69) is 19.2 Å². The third-order valence-electron chi connectivity index (χ3n) is 1.97. The van der Waals surface area contributed by atoms with Crippen molar-refractivity contribution in [3.8, 4) is 5.06 Å². The zero-order chi connectivity index (χ0) is 10.1. The van der Waals surface area contributed by atoms with Crippen LogP contribution in [0.4, 0.5) is 5.69 Å². The number of anilines is 1. The van der Waals surface area contributed by atoms with Gasteiger partial charge in [0.2, 0.25) is 0 Å². The van der Waals surface area contributed by atoms with E-state index < -0.39 is 0 Å². The van der Waals surface area contributed by atoms with Crippen LogP contribution < -0.4 is 10.1 Å². The number of amides is 1. The van der Waals surface area contributed by atoms with Crippen molar-refractivity contribution in [3.63, 3.8) is 0 Å². The molecule has 1 aliphatic heterocycles. The van der Waals surface area contributed by atoms with Crippen LogP contribution in [0.5, 0.6) is 5.06 Å². The second kappa shape index (κ2) is 3.61. The lowest BCUT2D eigenvalue weighted by molar-refractivity contribution is -0.118. The number of fused-ring (bicyclic) bond motifs is 1. The topological polar surface area (TPSA) is 38.3 Å². The van der Waals surface area contributed by atoms with E-state index in [9.17, 15) is 4.79 Å². The summed E-state index contributed by atoms with van der Waals surface area (Å²) in [6, 6.07) is 2.01. The summed E-state index contributed by atoms with van der Waals surface area (Å²) < 4.78 is 5.30. The molecule has 0 unspecified atom stereocenters. The van der Waals surface area contributed by atoms with Gasteiger partial charge in [-0.2, -0.15) is 0 Å². The Labute approximate surface area is 87.1 Å². The van der Waals surface area contributed by atoms with Crippen molar-refractivity contribution in [1.29, 1.82) is 0 Å². The molecule has 0 fully saturated rings. The highest BCUT2D eigenvalue weighted by atomic mass is 32.1. The molecule has 0 radical (unpaired) electrons. The first-order valence-electron chi connectivity index (χ1n) is 4.70. The number of rotatable bonds is 2. The van der Waals surface area contributed by atoms with Crippen molar-refractivity contribution in [2.24, 2.45) is 5.92 Å². The Morgan fingerprint density at radius 2 is 2.43 bits per heavy atom. The summed E-state index contributed by atoms with van der Waals surface area (Å²) in [6.07, 6.45) is 1.04. The molecule has 2 rings (SSSR count). The molecule has 0 saturated carbocycles. The van der Waals surface area contributed by atoms with Crippen molar-refractivity contribution in [2.45, 2.75) is 20.3 Å². The van der Waals surface area contributed by atoms with Crippen molar-refractivity contribution < 1.29 is 9.53 Å². The van der Waals surface area contributed by atoms with Crippen LogP contribution in [0.25, 0.3) is 0 Å². The van der Waals surface area contributed by atoms with Crippen molar-refractivity contribution in [3.05, 3.63) is 10.9 Å². The van der Waals surface area contributed by atoms with Crippen LogP contribution in [0.2, 0.25) is 0 Å². The second-order valence-electron chi connectivity index (χ2n) is 3.85. The Hall–Kier alpha value is -1.03. The molecule has 76 valence electrons. The van der Waals surface area contributed by atoms with Crippen LogP contribution in [0.1, 0.15) is 18.7 Å². The van der Waals surface area contributed by atoms with Crippen LogP contribution in [-0.2, 0) is 11.2 Å². The maximum Gasteiger partial charge on any atom is 0.262 e. The molecule has 14 heavy (non-hydrogen) atoms. The standard InChI is InChI=1S/C10H13NO2S/c1-6(2)3-7-4-8-10(14-7)13-5-9(12)11-8/h4,6H,3,5H2,1-2H3,(H,11,12). The van der Waals surface area contributed by atoms with Gasteiger partial charge in [-0.15, -0.1) is 11.3 Å². The first kappa shape index (κ1) is 9.52. The molecule has 0 atom stereocenters. The highest BCUT2D eigenvalue weighted by molar-refractivity contribution is 7.14. The average Bonchev–Trinajstić information content (AvgIpc) is 2.44. The van der Waals surface area contributed by atoms with E-state index in [1.165, 1.54) is 4.88 Å². The van der Waals surface area contributed by atoms with Crippen LogP contribution in [0.15, 0.2) is 6.07 Å². The molecule has 2 heterocycles. The van der Waals surface area contributed by atoms with Gasteiger partial charge in [0.15, 0.2) is 11.7 Å². The summed E-state index contributed by atoms with van der Waals surface area (Å²) in [5.74, 6) is 0.567. The first-order valence-corrected chi connectivity index (χ1v) is 5.52. The first-order chi connectivity index (χ1) is 6.65. The minimum atomic E-state index is -0.0635. The molecule has 3 nitrogen and oxygen atoms in total. The van der Waals surface area contributed by atoms with Crippen LogP contribution in [-0.4, -0.2) is 12.5 Å². The van der Waals surface area contributed by atoms with E-state index in [0.717, 1.165) is 17.2 Å². The summed E-state index contributed by atoms with van der Waals surface area (Å²) >= 11 is 1.63. The number of carbonyl (C=O) groups excluding carboxylic acids is 1. The lowest BCUT2D eigenvalue weighted by atomic mass is 10.1. The second-order valence-corrected chi connectivity index (χ2v) is 4.95. The lowest BCUT2D eigenvalue weighted by Gasteiger charge is -2.12. The molecule has 1 aromatic heterocycles. The number of thiophene rings is 1. The van der Waals surface area contributed by atoms with Crippen LogP contribution in [0.3, 0.4) is 0 Å². The largest absolute Gasteiger partial charge is 0.472 e. The van der Waals surface area contributed by atoms with E-state index in [-0.39, 0.29) is 12.5 Å². The van der Waals surface area contributed by atoms with Crippen molar-refractivity contribution in [2.75, 3.05) is 11.9 Å². The quantitative estimate of drug-likeness (QED) is 0.815. The van der Waals surface area contributed by atoms with E-state index >= 15 is 0 Å². The third kappa shape index (κ3) is 1.90. The third-order valence-corrected chi connectivity index (χ3v) is 3.04. The summed E-state index contributed by atoms with van der Waals surface area (Å²) in [6.45, 7) is 4.50. The van der Waals surface area contributed by atoms with Gasteiger partial charge >= 0.3 is 0 Å². The normalized spacial score (nSPS) is 14.9. The maximum absolute atomic E-state index is 11.0. The van der Waals surface area contributed by atoms with Crippen LogP contribution >= 0.6 is 11.3 Å². The zero-order valence-electron chi connectivity index (χ0n) is 8.29. The van der Waals surface area contributed by atoms with Gasteiger partial charge in [-0.1, -0.05) is 13.8 Å². The minimum absolute atomic E-state index is 0.0635. The molecule has 1 N–H and O–H groups in total. The van der Waals surface area contributed by atoms with E-state index in [1.807, 2.05) is 6.07 Å². The van der Waals surface area contributed by atoms with Gasteiger partial charge in [-0.3, -0.25) is 4.79 Å². The van der Waals surface area contributed by atoms with Crippen molar-refractivity contribution in [1.82, 2.24) is 0 Å². The van der Waals surface area contributed by atoms with Gasteiger partial charge in [-0.25, -0.2) is 0 Å². The predicted molar refractivity (Wildman–Crippen MR) is 57.0 cm³/mol. The molecule has 4 heteroatoms. The number of ether oxygens (including phenoxy) is 1. The maximum atomic E-state index is 11.0. The molecule has 1 aliphatic rings. The zero-order valence-corrected chi connectivity index (χ0v) is 9.11. The van der Waals surface area contributed by atoms with Gasteiger partial charge in [0.1, 0.15) is 0 Å². The van der Waals surface area contributed by atoms with Gasteiger partial charge in [0, 0.05) is 4.88 Å². The fourth-order valence-electron chi connectivity index (χ4n) is 1.44. The average molecular weight is 211 g/mol. The molecule has 0 spiro atoms. The molecule has 0 aromatic carbocycles. The van der Waals surface area contributed by atoms with E-state index in [0.29, 0.717) is 5.92 Å². The van der Waals surface area contributed by atoms with Crippen molar-refractivity contribution >= 4 is 22.9 Å². The van der Waals surface area contributed by atoms with Gasteiger partial charge < -0.3 is 10.1 Å². The van der Waals surface area contributed by atoms with Gasteiger partial charge in [0.25, 0.3) is 5.91 Å². The minimum Gasteiger partial charge on any atom is -0.472 e. The molecule has 0 bridgehead atoms. The fraction of sp³-hybridized carbons (Fsp3) is 0.500. The predicted octanol–water partition coefficient (Wildman–Crippen LogP) is 2.28. The monoisotopic (exact) mass is 211 g/mol. The van der Waals surface area contributed by atoms with Crippen LogP contribution in [0, 0.1) is 5.92 Å². The highest BCUT2D eigenvalue weighted by Crippen LogP contribution is 2.37. The molecule has 0 aliphatic carbocycles. The molecule has 1 amide bonds. The summed E-state index contributed by atoms with van der Waals surface area (Å²) in [4.78, 5) is 12.3. The molecule has 1 aromatic rings. The number of nitrogens with one attached hydrogen (secondary N) is 1. The van der Waals surface area contributed by atoms with E-state index in [4.69, 9.17) is 4.74 Å². The smallest absolute Gasteiger partial charge is 0.262 e. The molecular weight excluding hydrogens is 198 g/mol. The van der Waals surface area contributed by atoms with Gasteiger partial charge in [0.05, 0.1) is 5.69 Å². The fourth-order valence-corrected chi connectivity index (χ4v) is 2.61. The highest BCUT2D eigenvalue weighted by Gasteiger charge is 2.19. The Morgan fingerprint density at radius 1 is 1.64 bits per heavy atom. The summed E-state index contributed by atoms with van der Waals surface area (Å²) in [5.41, 5.74) is 0.835. The van der Waals surface area contributed by atoms with Gasteiger partial charge in [-0.05, 0) is 18.4 Å². The number of hydrogen-bond acceptors (Lipinski definition) is 3. The SMILES string of the molecule is CC(C)Cc1cc2c(s1)OCC(=O)N2. The van der Waals surface area contributed by atoms with E-state index in [1.54, 1.807) is 11.3 Å². The Balaban J connectivity index is 2.19. The Morgan fingerprint density at radius 3 is 3.14 bits per heavy atom. The summed E-state index contributed by atoms with van der Waals surface area (Å²) in [7, 11) is 0. The Bertz CT molecular complexity index is 357. The number of carbonyl (C=O) groups is 1. The Kier molecular flexibility index (Phi) is 2.46. The summed E-state index contributed by atoms with van der Waals surface area (Å²) in [5, 5.41) is 3.65. The lowest BCUT2D eigenvalue weighted by Crippen LogP contribution is -2.24. The number of hydrogen-bond donors (Lipinski definition) is 1.